The van der Waals surface area contributed by atoms with Gasteiger partial charge in [-0.3, -0.25) is 4.99 Å². The van der Waals surface area contributed by atoms with Gasteiger partial charge in [-0.25, -0.2) is 0 Å². The molecule has 0 spiro atoms. The molecule has 1 heterocycles. The Kier molecular flexibility index (Phi) is 7.11. The molecule has 0 aromatic heterocycles. The van der Waals surface area contributed by atoms with Gasteiger partial charge in [0.15, 0.2) is 5.96 Å². The number of aliphatic imine (C=N–C) groups is 1. The summed E-state index contributed by atoms with van der Waals surface area (Å²) < 4.78 is 0. The Balaban J connectivity index is 0.00000288. The largest absolute Gasteiger partial charge is 0.352 e. The lowest BCUT2D eigenvalue weighted by molar-refractivity contribution is -0.0667. The van der Waals surface area contributed by atoms with Crippen LogP contribution in [0.3, 0.4) is 0 Å². The molecule has 1 aliphatic rings. The van der Waals surface area contributed by atoms with E-state index in [0.717, 1.165) is 25.6 Å². The summed E-state index contributed by atoms with van der Waals surface area (Å²) >= 11 is 0. The van der Waals surface area contributed by atoms with E-state index in [1.54, 1.807) is 0 Å². The van der Waals surface area contributed by atoms with Crippen LogP contribution < -0.4 is 5.32 Å². The fourth-order valence-corrected chi connectivity index (χ4v) is 3.09. The van der Waals surface area contributed by atoms with Gasteiger partial charge in [0, 0.05) is 37.6 Å². The van der Waals surface area contributed by atoms with E-state index in [9.17, 15) is 0 Å². The zero-order valence-electron chi connectivity index (χ0n) is 16.2. The molecule has 24 heavy (non-hydrogen) atoms. The predicted molar refractivity (Wildman–Crippen MR) is 114 cm³/mol. The highest BCUT2D eigenvalue weighted by molar-refractivity contribution is 14.0. The number of rotatable bonds is 4. The number of benzene rings is 1. The van der Waals surface area contributed by atoms with E-state index in [0.29, 0.717) is 5.41 Å². The van der Waals surface area contributed by atoms with Gasteiger partial charge in [-0.1, -0.05) is 38.1 Å². The molecular weight excluding hydrogens is 411 g/mol. The molecule has 5 heteroatoms. The topological polar surface area (TPSA) is 30.9 Å². The molecule has 0 unspecified atom stereocenters. The van der Waals surface area contributed by atoms with Gasteiger partial charge in [-0.15, -0.1) is 24.0 Å². The molecule has 1 aliphatic heterocycles. The van der Waals surface area contributed by atoms with Crippen molar-refractivity contribution in [2.75, 3.05) is 27.7 Å². The second-order valence-electron chi connectivity index (χ2n) is 7.94. The second kappa shape index (κ2) is 8.04. The first kappa shape index (κ1) is 21.2. The normalized spacial score (nSPS) is 18.8. The number of halogens is 1. The van der Waals surface area contributed by atoms with Crippen molar-refractivity contribution in [2.45, 2.75) is 46.3 Å². The highest BCUT2D eigenvalue weighted by Gasteiger charge is 2.53. The number of nitrogens with zero attached hydrogens (tertiary/aromatic N) is 3. The van der Waals surface area contributed by atoms with Crippen LogP contribution in [0.5, 0.6) is 0 Å². The van der Waals surface area contributed by atoms with Gasteiger partial charge in [-0.2, -0.15) is 0 Å². The highest BCUT2D eigenvalue weighted by atomic mass is 127. The molecule has 1 saturated heterocycles. The maximum absolute atomic E-state index is 4.50. The molecule has 0 amide bonds. The number of hydrogen-bond donors (Lipinski definition) is 1. The third kappa shape index (κ3) is 4.23. The van der Waals surface area contributed by atoms with Crippen molar-refractivity contribution >= 4 is 29.9 Å². The van der Waals surface area contributed by atoms with Crippen molar-refractivity contribution in [3.05, 3.63) is 35.4 Å². The zero-order chi connectivity index (χ0) is 17.3. The smallest absolute Gasteiger partial charge is 0.194 e. The van der Waals surface area contributed by atoms with Crippen LogP contribution in [0.1, 0.15) is 38.8 Å². The number of hydrogen-bond acceptors (Lipinski definition) is 2. The molecule has 136 valence electrons. The van der Waals surface area contributed by atoms with Crippen LogP contribution in [0.2, 0.25) is 0 Å². The summed E-state index contributed by atoms with van der Waals surface area (Å²) in [5, 5.41) is 3.55. The lowest BCUT2D eigenvalue weighted by atomic mass is 9.65. The molecule has 1 N–H and O–H groups in total. The maximum atomic E-state index is 4.50. The quantitative estimate of drug-likeness (QED) is 0.438. The van der Waals surface area contributed by atoms with Gasteiger partial charge in [0.25, 0.3) is 0 Å². The molecule has 2 rings (SSSR count). The Bertz CT molecular complexity index is 578. The van der Waals surface area contributed by atoms with Gasteiger partial charge >= 0.3 is 0 Å². The second-order valence-corrected chi connectivity index (χ2v) is 7.94. The summed E-state index contributed by atoms with van der Waals surface area (Å²) in [6.45, 7) is 12.0. The molecule has 1 aromatic carbocycles. The van der Waals surface area contributed by atoms with Crippen LogP contribution >= 0.6 is 24.0 Å². The first-order valence-electron chi connectivity index (χ1n) is 8.39. The van der Waals surface area contributed by atoms with E-state index in [4.69, 9.17) is 0 Å². The molecule has 0 atom stereocenters. The van der Waals surface area contributed by atoms with Crippen LogP contribution in [-0.4, -0.2) is 49.0 Å². The first-order chi connectivity index (χ1) is 10.7. The Labute approximate surface area is 164 Å². The van der Waals surface area contributed by atoms with Crippen molar-refractivity contribution in [1.29, 1.82) is 0 Å². The molecule has 0 radical (unpaired) electrons. The van der Waals surface area contributed by atoms with E-state index in [2.05, 4.69) is 86.2 Å². The van der Waals surface area contributed by atoms with E-state index < -0.39 is 0 Å². The molecule has 0 bridgehead atoms. The molecule has 1 fully saturated rings. The van der Waals surface area contributed by atoms with E-state index >= 15 is 0 Å². The Morgan fingerprint density at radius 1 is 1.17 bits per heavy atom. The van der Waals surface area contributed by atoms with Gasteiger partial charge < -0.3 is 15.1 Å². The van der Waals surface area contributed by atoms with Crippen molar-refractivity contribution < 1.29 is 0 Å². The summed E-state index contributed by atoms with van der Waals surface area (Å²) in [6.07, 6.45) is 0. The molecule has 1 aromatic rings. The average Bonchev–Trinajstić information content (AvgIpc) is 2.47. The number of nitrogens with one attached hydrogen (secondary N) is 1. The molecule has 0 aliphatic carbocycles. The van der Waals surface area contributed by atoms with Gasteiger partial charge in [-0.05, 0) is 39.1 Å². The van der Waals surface area contributed by atoms with Crippen LogP contribution in [0.25, 0.3) is 0 Å². The summed E-state index contributed by atoms with van der Waals surface area (Å²) in [6, 6.07) is 8.62. The SMILES string of the molecule is CN=C(NCc1ccccc1CN(C)C)N1CC(C)(C)C1(C)C.I. The summed E-state index contributed by atoms with van der Waals surface area (Å²) in [4.78, 5) is 9.08. The Hall–Kier alpha value is -0.820. The first-order valence-corrected chi connectivity index (χ1v) is 8.39. The third-order valence-electron chi connectivity index (χ3n) is 5.39. The summed E-state index contributed by atoms with van der Waals surface area (Å²) in [5.41, 5.74) is 3.13. The van der Waals surface area contributed by atoms with Gasteiger partial charge in [0.2, 0.25) is 0 Å². The Morgan fingerprint density at radius 3 is 2.21 bits per heavy atom. The van der Waals surface area contributed by atoms with Crippen molar-refractivity contribution in [2.24, 2.45) is 10.4 Å². The number of likely N-dealkylation sites (tertiary alicyclic amines) is 1. The van der Waals surface area contributed by atoms with Crippen LogP contribution in [0.15, 0.2) is 29.3 Å². The summed E-state index contributed by atoms with van der Waals surface area (Å²) in [5.74, 6) is 0.994. The van der Waals surface area contributed by atoms with E-state index in [1.807, 2.05) is 7.05 Å². The molecule has 0 saturated carbocycles. The maximum Gasteiger partial charge on any atom is 0.194 e. The molecule has 4 nitrogen and oxygen atoms in total. The lowest BCUT2D eigenvalue weighted by Gasteiger charge is -2.62. The Morgan fingerprint density at radius 2 is 1.75 bits per heavy atom. The summed E-state index contributed by atoms with van der Waals surface area (Å²) in [7, 11) is 6.08. The lowest BCUT2D eigenvalue weighted by Crippen LogP contribution is -2.72. The van der Waals surface area contributed by atoms with Crippen molar-refractivity contribution in [3.8, 4) is 0 Å². The molecular formula is C19H33IN4. The predicted octanol–water partition coefficient (Wildman–Crippen LogP) is 3.56. The van der Waals surface area contributed by atoms with Crippen LogP contribution in [0.4, 0.5) is 0 Å². The van der Waals surface area contributed by atoms with Crippen LogP contribution in [0, 0.1) is 5.41 Å². The van der Waals surface area contributed by atoms with Crippen LogP contribution in [-0.2, 0) is 13.1 Å². The fourth-order valence-electron chi connectivity index (χ4n) is 3.09. The van der Waals surface area contributed by atoms with Gasteiger partial charge in [0.1, 0.15) is 0 Å². The standard InChI is InChI=1S/C19H32N4.HI/c1-18(2)14-23(19(18,3)4)17(20-5)21-12-15-10-8-9-11-16(15)13-22(6)7;/h8-11H,12-14H2,1-7H3,(H,20,21);1H. The van der Waals surface area contributed by atoms with Gasteiger partial charge in [0.05, 0.1) is 0 Å². The highest BCUT2D eigenvalue weighted by Crippen LogP contribution is 2.46. The number of guanidine groups is 1. The minimum Gasteiger partial charge on any atom is -0.352 e. The van der Waals surface area contributed by atoms with Crippen molar-refractivity contribution in [3.63, 3.8) is 0 Å². The van der Waals surface area contributed by atoms with E-state index in [-0.39, 0.29) is 29.5 Å². The minimum absolute atomic E-state index is 0. The fraction of sp³-hybridized carbons (Fsp3) is 0.632. The van der Waals surface area contributed by atoms with E-state index in [1.165, 1.54) is 11.1 Å². The van der Waals surface area contributed by atoms with Crippen molar-refractivity contribution in [1.82, 2.24) is 15.1 Å². The minimum atomic E-state index is 0. The zero-order valence-corrected chi connectivity index (χ0v) is 18.5. The third-order valence-corrected chi connectivity index (χ3v) is 5.39. The average molecular weight is 444 g/mol. The monoisotopic (exact) mass is 444 g/mol.